The molecule has 0 fully saturated rings. The van der Waals surface area contributed by atoms with Gasteiger partial charge in [0.25, 0.3) is 0 Å². The highest BCUT2D eigenvalue weighted by Crippen LogP contribution is 2.36. The number of amides is 2. The number of nitrogens with zero attached hydrogens (tertiary/aromatic N) is 1. The summed E-state index contributed by atoms with van der Waals surface area (Å²) in [5, 5.41) is 2.81. The standard InChI is InChI=1S/C20H26F2N2O5/c1-5-7-10-24-12(3)16(18(25)28-6-2)17(23-20(24)26)13-8-9-14(29-19(21)22)15(11-13)27-4/h8-9,11,17,19H,5-7,10H2,1-4H3,(H,23,26). The van der Waals surface area contributed by atoms with Crippen LogP contribution >= 0.6 is 0 Å². The lowest BCUT2D eigenvalue weighted by molar-refractivity contribution is -0.139. The van der Waals surface area contributed by atoms with E-state index in [9.17, 15) is 18.4 Å². The number of allylic oxidation sites excluding steroid dienone is 1. The Kier molecular flexibility index (Phi) is 7.81. The summed E-state index contributed by atoms with van der Waals surface area (Å²) < 4.78 is 39.9. The molecule has 1 aromatic carbocycles. The molecule has 9 heteroatoms. The minimum absolute atomic E-state index is 0.0614. The summed E-state index contributed by atoms with van der Waals surface area (Å²) in [4.78, 5) is 26.8. The fourth-order valence-corrected chi connectivity index (χ4v) is 3.15. The van der Waals surface area contributed by atoms with Crippen molar-refractivity contribution < 1.29 is 32.6 Å². The summed E-state index contributed by atoms with van der Waals surface area (Å²) in [5.41, 5.74) is 1.26. The molecule has 29 heavy (non-hydrogen) atoms. The normalized spacial score (nSPS) is 16.7. The summed E-state index contributed by atoms with van der Waals surface area (Å²) in [6.45, 7) is 3.03. The average molecular weight is 412 g/mol. The number of hydrogen-bond donors (Lipinski definition) is 1. The molecule has 1 aromatic rings. The Bertz CT molecular complexity index is 782. The Labute approximate surface area is 168 Å². The van der Waals surface area contributed by atoms with Crippen LogP contribution in [-0.2, 0) is 9.53 Å². The monoisotopic (exact) mass is 412 g/mol. The fourth-order valence-electron chi connectivity index (χ4n) is 3.15. The number of unbranched alkanes of at least 4 members (excludes halogenated alkanes) is 1. The van der Waals surface area contributed by atoms with Crippen molar-refractivity contribution in [1.82, 2.24) is 10.2 Å². The van der Waals surface area contributed by atoms with Gasteiger partial charge >= 0.3 is 18.6 Å². The summed E-state index contributed by atoms with van der Waals surface area (Å²) >= 11 is 0. The topological polar surface area (TPSA) is 77.1 Å². The van der Waals surface area contributed by atoms with Crippen LogP contribution in [0.15, 0.2) is 29.5 Å². The Morgan fingerprint density at radius 1 is 1.28 bits per heavy atom. The first kappa shape index (κ1) is 22.4. The summed E-state index contributed by atoms with van der Waals surface area (Å²) in [7, 11) is 1.32. The van der Waals surface area contributed by atoms with Crippen LogP contribution in [0.25, 0.3) is 0 Å². The van der Waals surface area contributed by atoms with Crippen LogP contribution in [0.2, 0.25) is 0 Å². The number of benzene rings is 1. The van der Waals surface area contributed by atoms with Crippen molar-refractivity contribution >= 4 is 12.0 Å². The number of rotatable bonds is 9. The lowest BCUT2D eigenvalue weighted by Gasteiger charge is -2.35. The molecule has 1 heterocycles. The van der Waals surface area contributed by atoms with Crippen molar-refractivity contribution in [2.24, 2.45) is 0 Å². The van der Waals surface area contributed by atoms with Gasteiger partial charge in [0.05, 0.1) is 25.3 Å². The number of nitrogens with one attached hydrogen (secondary N) is 1. The number of methoxy groups -OCH3 is 1. The Balaban J connectivity index is 2.50. The molecule has 1 aliphatic rings. The van der Waals surface area contributed by atoms with Crippen molar-refractivity contribution in [2.45, 2.75) is 46.3 Å². The van der Waals surface area contributed by atoms with Crippen molar-refractivity contribution in [2.75, 3.05) is 20.3 Å². The van der Waals surface area contributed by atoms with E-state index in [1.807, 2.05) is 6.92 Å². The van der Waals surface area contributed by atoms with Gasteiger partial charge in [-0.05, 0) is 38.0 Å². The predicted molar refractivity (Wildman–Crippen MR) is 102 cm³/mol. The zero-order valence-electron chi connectivity index (χ0n) is 17.0. The molecule has 0 aromatic heterocycles. The van der Waals surface area contributed by atoms with Crippen molar-refractivity contribution in [3.63, 3.8) is 0 Å². The molecular formula is C20H26F2N2O5. The summed E-state index contributed by atoms with van der Waals surface area (Å²) in [5.74, 6) is -0.633. The minimum atomic E-state index is -3.01. The van der Waals surface area contributed by atoms with Gasteiger partial charge in [0.1, 0.15) is 0 Å². The molecule has 160 valence electrons. The summed E-state index contributed by atoms with van der Waals surface area (Å²) in [6.07, 6.45) is 1.66. The minimum Gasteiger partial charge on any atom is -0.493 e. The third-order valence-electron chi connectivity index (χ3n) is 4.56. The molecule has 2 rings (SSSR count). The van der Waals surface area contributed by atoms with E-state index in [1.54, 1.807) is 13.8 Å². The van der Waals surface area contributed by atoms with Crippen molar-refractivity contribution in [3.8, 4) is 11.5 Å². The Morgan fingerprint density at radius 3 is 2.59 bits per heavy atom. The number of urea groups is 1. The second-order valence-electron chi connectivity index (χ2n) is 6.40. The number of carbonyl (C=O) groups excluding carboxylic acids is 2. The van der Waals surface area contributed by atoms with Gasteiger partial charge in [-0.15, -0.1) is 0 Å². The maximum Gasteiger partial charge on any atom is 0.387 e. The van der Waals surface area contributed by atoms with E-state index in [1.165, 1.54) is 30.2 Å². The highest BCUT2D eigenvalue weighted by molar-refractivity contribution is 5.95. The number of halogens is 2. The van der Waals surface area contributed by atoms with E-state index >= 15 is 0 Å². The van der Waals surface area contributed by atoms with Gasteiger partial charge in [-0.1, -0.05) is 19.4 Å². The van der Waals surface area contributed by atoms with E-state index < -0.39 is 18.6 Å². The second-order valence-corrected chi connectivity index (χ2v) is 6.40. The van der Waals surface area contributed by atoms with Crippen LogP contribution in [0.3, 0.4) is 0 Å². The SMILES string of the molecule is CCCCN1C(=O)NC(c2ccc(OC(F)F)c(OC)c2)C(C(=O)OCC)=C1C. The third kappa shape index (κ3) is 5.16. The molecule has 1 N–H and O–H groups in total. The molecule has 0 saturated carbocycles. The molecular weight excluding hydrogens is 386 g/mol. The van der Waals surface area contributed by atoms with Gasteiger partial charge in [-0.25, -0.2) is 9.59 Å². The van der Waals surface area contributed by atoms with Gasteiger partial charge < -0.3 is 19.5 Å². The maximum absolute atomic E-state index is 12.7. The van der Waals surface area contributed by atoms with Gasteiger partial charge in [0.15, 0.2) is 11.5 Å². The molecule has 1 unspecified atom stereocenters. The van der Waals surface area contributed by atoms with E-state index in [4.69, 9.17) is 9.47 Å². The molecule has 1 aliphatic heterocycles. The largest absolute Gasteiger partial charge is 0.493 e. The van der Waals surface area contributed by atoms with Gasteiger partial charge in [-0.3, -0.25) is 4.90 Å². The first-order valence-corrected chi connectivity index (χ1v) is 9.42. The first-order valence-electron chi connectivity index (χ1n) is 9.42. The zero-order chi connectivity index (χ0) is 21.6. The maximum atomic E-state index is 12.7. The number of carbonyl (C=O) groups is 2. The predicted octanol–water partition coefficient (Wildman–Crippen LogP) is 4.00. The number of hydrogen-bond acceptors (Lipinski definition) is 5. The second kappa shape index (κ2) is 10.1. The molecule has 7 nitrogen and oxygen atoms in total. The van der Waals surface area contributed by atoms with Crippen LogP contribution < -0.4 is 14.8 Å². The highest BCUT2D eigenvalue weighted by Gasteiger charge is 2.36. The third-order valence-corrected chi connectivity index (χ3v) is 4.56. The van der Waals surface area contributed by atoms with Crippen LogP contribution in [0, 0.1) is 0 Å². The van der Waals surface area contributed by atoms with Crippen LogP contribution in [0.5, 0.6) is 11.5 Å². The van der Waals surface area contributed by atoms with Crippen LogP contribution in [0.1, 0.15) is 45.2 Å². The van der Waals surface area contributed by atoms with E-state index in [0.717, 1.165) is 12.8 Å². The average Bonchev–Trinajstić information content (AvgIpc) is 2.67. The van der Waals surface area contributed by atoms with Crippen molar-refractivity contribution in [3.05, 3.63) is 35.0 Å². The van der Waals surface area contributed by atoms with Gasteiger partial charge in [-0.2, -0.15) is 8.78 Å². The highest BCUT2D eigenvalue weighted by atomic mass is 19.3. The van der Waals surface area contributed by atoms with Crippen LogP contribution in [0.4, 0.5) is 13.6 Å². The molecule has 0 saturated heterocycles. The van der Waals surface area contributed by atoms with E-state index in [-0.39, 0.29) is 29.7 Å². The molecule has 0 spiro atoms. The van der Waals surface area contributed by atoms with Gasteiger partial charge in [0.2, 0.25) is 0 Å². The molecule has 0 radical (unpaired) electrons. The van der Waals surface area contributed by atoms with Crippen LogP contribution in [-0.4, -0.2) is 43.8 Å². The van der Waals surface area contributed by atoms with E-state index in [0.29, 0.717) is 17.8 Å². The molecule has 0 bridgehead atoms. The number of alkyl halides is 2. The Hall–Kier alpha value is -2.84. The quantitative estimate of drug-likeness (QED) is 0.621. The lowest BCUT2D eigenvalue weighted by Crippen LogP contribution is -2.48. The smallest absolute Gasteiger partial charge is 0.387 e. The molecule has 2 amide bonds. The lowest BCUT2D eigenvalue weighted by atomic mass is 9.94. The number of ether oxygens (including phenoxy) is 3. The molecule has 1 atom stereocenters. The van der Waals surface area contributed by atoms with E-state index in [2.05, 4.69) is 10.1 Å². The fraction of sp³-hybridized carbons (Fsp3) is 0.500. The molecule has 0 aliphatic carbocycles. The Morgan fingerprint density at radius 2 is 2.00 bits per heavy atom. The zero-order valence-corrected chi connectivity index (χ0v) is 17.0. The number of esters is 1. The summed E-state index contributed by atoms with van der Waals surface area (Å²) in [6, 6.07) is 3.11. The first-order chi connectivity index (χ1) is 13.8. The van der Waals surface area contributed by atoms with Crippen molar-refractivity contribution in [1.29, 1.82) is 0 Å². The van der Waals surface area contributed by atoms with Gasteiger partial charge in [0, 0.05) is 12.2 Å².